The van der Waals surface area contributed by atoms with Crippen molar-refractivity contribution in [3.63, 3.8) is 0 Å². The zero-order valence-electron chi connectivity index (χ0n) is 11.5. The highest BCUT2D eigenvalue weighted by Crippen LogP contribution is 2.27. The van der Waals surface area contributed by atoms with E-state index in [0.717, 1.165) is 0 Å². The van der Waals surface area contributed by atoms with Gasteiger partial charge in [0, 0.05) is 0 Å². The lowest BCUT2D eigenvalue weighted by atomic mass is 10.2. The number of aromatic nitrogens is 2. The average Bonchev–Trinajstić information content (AvgIpc) is 2.85. The van der Waals surface area contributed by atoms with E-state index in [1.54, 1.807) is 25.5 Å². The number of carbonyl (C=O) groups is 2. The molecule has 0 unspecified atom stereocenters. The summed E-state index contributed by atoms with van der Waals surface area (Å²) in [7, 11) is 1.29. The van der Waals surface area contributed by atoms with Crippen LogP contribution >= 0.6 is 0 Å². The normalized spacial score (nSPS) is 14.2. The van der Waals surface area contributed by atoms with E-state index in [0.29, 0.717) is 18.9 Å². The molecule has 7 nitrogen and oxygen atoms in total. The molecule has 2 rings (SSSR count). The summed E-state index contributed by atoms with van der Waals surface area (Å²) < 4.78 is 11.6. The van der Waals surface area contributed by atoms with Crippen LogP contribution in [0.3, 0.4) is 0 Å². The van der Waals surface area contributed by atoms with Crippen molar-refractivity contribution >= 4 is 17.9 Å². The molecule has 1 aliphatic heterocycles. The van der Waals surface area contributed by atoms with E-state index < -0.39 is 17.7 Å². The van der Waals surface area contributed by atoms with Gasteiger partial charge in [-0.05, 0) is 20.8 Å². The first-order chi connectivity index (χ1) is 8.83. The molecule has 0 fully saturated rings. The molecule has 1 aromatic rings. The van der Waals surface area contributed by atoms with E-state index in [4.69, 9.17) is 4.74 Å². The molecule has 0 saturated heterocycles. The van der Waals surface area contributed by atoms with Crippen molar-refractivity contribution < 1.29 is 19.1 Å². The summed E-state index contributed by atoms with van der Waals surface area (Å²) in [6.45, 7) is 6.34. The van der Waals surface area contributed by atoms with Gasteiger partial charge in [0.25, 0.3) is 0 Å². The van der Waals surface area contributed by atoms with Crippen LogP contribution in [0.25, 0.3) is 0 Å². The molecule has 0 N–H and O–H groups in total. The summed E-state index contributed by atoms with van der Waals surface area (Å²) in [6, 6.07) is 0. The first kappa shape index (κ1) is 13.4. The highest BCUT2D eigenvalue weighted by molar-refractivity contribution is 6.00. The molecule has 0 bridgehead atoms. The number of fused-ring (bicyclic) bond motifs is 1. The Hall–Kier alpha value is -2.05. The van der Waals surface area contributed by atoms with E-state index in [9.17, 15) is 9.59 Å². The first-order valence-electron chi connectivity index (χ1n) is 5.98. The summed E-state index contributed by atoms with van der Waals surface area (Å²) in [5.41, 5.74) is -0.318. The number of anilines is 1. The summed E-state index contributed by atoms with van der Waals surface area (Å²) in [5, 5.41) is 4.06. The number of methoxy groups -OCH3 is 1. The van der Waals surface area contributed by atoms with Crippen LogP contribution in [0.1, 0.15) is 31.1 Å². The lowest BCUT2D eigenvalue weighted by Crippen LogP contribution is -2.36. The van der Waals surface area contributed by atoms with Gasteiger partial charge < -0.3 is 9.47 Å². The van der Waals surface area contributed by atoms with Crippen LogP contribution in [0.5, 0.6) is 0 Å². The second-order valence-electron chi connectivity index (χ2n) is 5.23. The quantitative estimate of drug-likeness (QED) is 0.719. The van der Waals surface area contributed by atoms with Crippen LogP contribution in [0.4, 0.5) is 10.6 Å². The van der Waals surface area contributed by atoms with Gasteiger partial charge in [-0.2, -0.15) is 5.10 Å². The molecule has 0 aromatic carbocycles. The largest absolute Gasteiger partial charge is 0.465 e. The SMILES string of the molecule is COC(=O)c1cnn2c1N(C(=O)OC(C)(C)C)CC2. The Kier molecular flexibility index (Phi) is 3.21. The van der Waals surface area contributed by atoms with E-state index in [1.807, 2.05) is 0 Å². The topological polar surface area (TPSA) is 73.7 Å². The Morgan fingerprint density at radius 2 is 2.00 bits per heavy atom. The Morgan fingerprint density at radius 1 is 1.32 bits per heavy atom. The Morgan fingerprint density at radius 3 is 2.58 bits per heavy atom. The van der Waals surface area contributed by atoms with Gasteiger partial charge in [0.2, 0.25) is 0 Å². The van der Waals surface area contributed by atoms with Crippen LogP contribution in [0, 0.1) is 0 Å². The maximum atomic E-state index is 12.1. The molecule has 0 aliphatic carbocycles. The summed E-state index contributed by atoms with van der Waals surface area (Å²) in [5.74, 6) is -0.0854. The first-order valence-corrected chi connectivity index (χ1v) is 5.98. The van der Waals surface area contributed by atoms with E-state index in [-0.39, 0.29) is 5.56 Å². The number of amides is 1. The molecular weight excluding hydrogens is 250 g/mol. The number of esters is 1. The van der Waals surface area contributed by atoms with Crippen molar-refractivity contribution in [3.8, 4) is 0 Å². The maximum absolute atomic E-state index is 12.1. The zero-order chi connectivity index (χ0) is 14.2. The minimum absolute atomic E-state index is 0.269. The molecule has 0 saturated carbocycles. The van der Waals surface area contributed by atoms with Crippen molar-refractivity contribution in [1.29, 1.82) is 0 Å². The zero-order valence-corrected chi connectivity index (χ0v) is 11.5. The third-order valence-corrected chi connectivity index (χ3v) is 2.62. The minimum Gasteiger partial charge on any atom is -0.465 e. The third kappa shape index (κ3) is 2.54. The van der Waals surface area contributed by atoms with Crippen LogP contribution in [0.15, 0.2) is 6.20 Å². The Balaban J connectivity index is 2.28. The van der Waals surface area contributed by atoms with Gasteiger partial charge in [0.1, 0.15) is 11.2 Å². The smallest absolute Gasteiger partial charge is 0.416 e. The number of hydrogen-bond acceptors (Lipinski definition) is 5. The van der Waals surface area contributed by atoms with Crippen molar-refractivity contribution in [2.75, 3.05) is 18.6 Å². The highest BCUT2D eigenvalue weighted by Gasteiger charge is 2.34. The van der Waals surface area contributed by atoms with Gasteiger partial charge in [0.15, 0.2) is 5.82 Å². The van der Waals surface area contributed by atoms with Crippen molar-refractivity contribution in [2.45, 2.75) is 32.9 Å². The number of nitrogens with zero attached hydrogens (tertiary/aromatic N) is 3. The Bertz CT molecular complexity index is 516. The van der Waals surface area contributed by atoms with Crippen molar-refractivity contribution in [2.24, 2.45) is 0 Å². The number of hydrogen-bond donors (Lipinski definition) is 0. The van der Waals surface area contributed by atoms with Crippen LogP contribution in [0.2, 0.25) is 0 Å². The summed E-state index contributed by atoms with van der Waals surface area (Å²) in [4.78, 5) is 25.1. The number of ether oxygens (including phenoxy) is 2. The molecule has 1 aromatic heterocycles. The van der Waals surface area contributed by atoms with Gasteiger partial charge in [-0.3, -0.25) is 4.90 Å². The fourth-order valence-electron chi connectivity index (χ4n) is 1.88. The molecule has 2 heterocycles. The van der Waals surface area contributed by atoms with Gasteiger partial charge in [-0.1, -0.05) is 0 Å². The molecule has 19 heavy (non-hydrogen) atoms. The predicted molar refractivity (Wildman–Crippen MR) is 67.1 cm³/mol. The molecule has 1 aliphatic rings. The lowest BCUT2D eigenvalue weighted by molar-refractivity contribution is 0.0582. The molecule has 0 spiro atoms. The lowest BCUT2D eigenvalue weighted by Gasteiger charge is -2.24. The number of rotatable bonds is 1. The van der Waals surface area contributed by atoms with Gasteiger partial charge >= 0.3 is 12.1 Å². The standard InChI is InChI=1S/C12H17N3O4/c1-12(2,3)19-11(17)14-5-6-15-9(14)8(7-13-15)10(16)18-4/h7H,5-6H2,1-4H3. The number of carbonyl (C=O) groups excluding carboxylic acids is 2. The second kappa shape index (κ2) is 4.56. The van der Waals surface area contributed by atoms with Gasteiger partial charge in [-0.15, -0.1) is 0 Å². The molecule has 0 atom stereocenters. The minimum atomic E-state index is -0.587. The molecular formula is C12H17N3O4. The monoisotopic (exact) mass is 267 g/mol. The second-order valence-corrected chi connectivity index (χ2v) is 5.23. The molecule has 0 radical (unpaired) electrons. The summed E-state index contributed by atoms with van der Waals surface area (Å²) in [6.07, 6.45) is 0.912. The molecule has 7 heteroatoms. The molecule has 1 amide bonds. The molecule has 104 valence electrons. The average molecular weight is 267 g/mol. The van der Waals surface area contributed by atoms with E-state index in [1.165, 1.54) is 18.2 Å². The van der Waals surface area contributed by atoms with E-state index >= 15 is 0 Å². The fraction of sp³-hybridized carbons (Fsp3) is 0.583. The van der Waals surface area contributed by atoms with Gasteiger partial charge in [0.05, 0.1) is 26.4 Å². The van der Waals surface area contributed by atoms with Crippen molar-refractivity contribution in [1.82, 2.24) is 9.78 Å². The van der Waals surface area contributed by atoms with E-state index in [2.05, 4.69) is 9.84 Å². The third-order valence-electron chi connectivity index (χ3n) is 2.62. The van der Waals surface area contributed by atoms with Crippen LogP contribution in [-0.2, 0) is 16.0 Å². The maximum Gasteiger partial charge on any atom is 0.416 e. The summed E-state index contributed by atoms with van der Waals surface area (Å²) >= 11 is 0. The van der Waals surface area contributed by atoms with Crippen molar-refractivity contribution in [3.05, 3.63) is 11.8 Å². The highest BCUT2D eigenvalue weighted by atomic mass is 16.6. The fourth-order valence-corrected chi connectivity index (χ4v) is 1.88. The van der Waals surface area contributed by atoms with Crippen LogP contribution in [-0.4, -0.2) is 41.1 Å². The van der Waals surface area contributed by atoms with Gasteiger partial charge in [-0.25, -0.2) is 14.3 Å². The predicted octanol–water partition coefficient (Wildman–Crippen LogP) is 1.42. The Labute approximate surface area is 111 Å². The van der Waals surface area contributed by atoms with Crippen LogP contribution < -0.4 is 4.90 Å².